The van der Waals surface area contributed by atoms with Crippen LogP contribution in [-0.2, 0) is 4.79 Å². The summed E-state index contributed by atoms with van der Waals surface area (Å²) >= 11 is 0. The number of hydrogen-bond donors (Lipinski definition) is 1. The quantitative estimate of drug-likeness (QED) is 0.817. The molecule has 1 fully saturated rings. The number of urea groups is 1. The van der Waals surface area contributed by atoms with Gasteiger partial charge in [0, 0.05) is 13.1 Å². The van der Waals surface area contributed by atoms with Gasteiger partial charge in [-0.3, -0.25) is 4.79 Å². The highest BCUT2D eigenvalue weighted by Gasteiger charge is 2.35. The molecule has 0 unspecified atom stereocenters. The zero-order chi connectivity index (χ0) is 19.4. The van der Waals surface area contributed by atoms with E-state index in [4.69, 9.17) is 10.5 Å². The third-order valence-corrected chi connectivity index (χ3v) is 5.03. The summed E-state index contributed by atoms with van der Waals surface area (Å²) in [5, 5.41) is 0. The molecular formula is C21H25N3O3. The molecule has 2 N–H and O–H groups in total. The first-order valence-electron chi connectivity index (χ1n) is 9.10. The summed E-state index contributed by atoms with van der Waals surface area (Å²) in [6, 6.07) is 17.5. The van der Waals surface area contributed by atoms with Gasteiger partial charge in [0.05, 0.1) is 12.1 Å². The van der Waals surface area contributed by atoms with E-state index in [0.717, 1.165) is 11.1 Å². The standard InChI is InChI=1S/C21H25N3O3/c1-15(17-6-4-3-5-7-17)23-12-13-24(21(23)26)16(2)18-8-10-19(11-9-18)27-14-20(22)25/h3-11,15-16H,12-14H2,1-2H3,(H2,22,25)/t15-,16-/m0/s1. The van der Waals surface area contributed by atoms with E-state index in [-0.39, 0.29) is 24.7 Å². The Balaban J connectivity index is 1.66. The number of nitrogens with zero attached hydrogens (tertiary/aromatic N) is 2. The van der Waals surface area contributed by atoms with Gasteiger partial charge >= 0.3 is 6.03 Å². The van der Waals surface area contributed by atoms with Gasteiger partial charge in [-0.2, -0.15) is 0 Å². The molecule has 3 rings (SSSR count). The summed E-state index contributed by atoms with van der Waals surface area (Å²) in [5.41, 5.74) is 7.24. The molecule has 6 nitrogen and oxygen atoms in total. The van der Waals surface area contributed by atoms with Crippen molar-refractivity contribution in [2.24, 2.45) is 5.73 Å². The molecule has 1 aliphatic heterocycles. The second kappa shape index (κ2) is 8.12. The van der Waals surface area contributed by atoms with Crippen molar-refractivity contribution in [1.29, 1.82) is 0 Å². The van der Waals surface area contributed by atoms with E-state index < -0.39 is 5.91 Å². The molecule has 6 heteroatoms. The first-order chi connectivity index (χ1) is 13.0. The van der Waals surface area contributed by atoms with Crippen LogP contribution >= 0.6 is 0 Å². The van der Waals surface area contributed by atoms with Gasteiger partial charge in [0.15, 0.2) is 6.61 Å². The monoisotopic (exact) mass is 367 g/mol. The van der Waals surface area contributed by atoms with Crippen molar-refractivity contribution in [3.8, 4) is 5.75 Å². The van der Waals surface area contributed by atoms with Gasteiger partial charge in [-0.25, -0.2) is 4.79 Å². The fourth-order valence-corrected chi connectivity index (χ4v) is 3.38. The van der Waals surface area contributed by atoms with Crippen molar-refractivity contribution in [2.75, 3.05) is 19.7 Å². The van der Waals surface area contributed by atoms with Gasteiger partial charge in [-0.05, 0) is 37.1 Å². The number of amides is 3. The van der Waals surface area contributed by atoms with Crippen LogP contribution in [0.15, 0.2) is 54.6 Å². The number of carbonyl (C=O) groups excluding carboxylic acids is 2. The molecule has 0 radical (unpaired) electrons. The maximum Gasteiger partial charge on any atom is 0.321 e. The molecular weight excluding hydrogens is 342 g/mol. The van der Waals surface area contributed by atoms with Crippen molar-refractivity contribution in [3.63, 3.8) is 0 Å². The van der Waals surface area contributed by atoms with Crippen LogP contribution in [0.5, 0.6) is 5.75 Å². The fraction of sp³-hybridized carbons (Fsp3) is 0.333. The van der Waals surface area contributed by atoms with E-state index >= 15 is 0 Å². The highest BCUT2D eigenvalue weighted by atomic mass is 16.5. The SMILES string of the molecule is C[C@@H](c1ccccc1)N1CCN([C@@H](C)c2ccc(OCC(N)=O)cc2)C1=O. The molecule has 2 atom stereocenters. The summed E-state index contributed by atoms with van der Waals surface area (Å²) < 4.78 is 5.28. The van der Waals surface area contributed by atoms with Gasteiger partial charge < -0.3 is 20.3 Å². The summed E-state index contributed by atoms with van der Waals surface area (Å²) in [4.78, 5) is 27.6. The Bertz CT molecular complexity index is 792. The van der Waals surface area contributed by atoms with Gasteiger partial charge in [0.1, 0.15) is 5.75 Å². The summed E-state index contributed by atoms with van der Waals surface area (Å²) in [6.45, 7) is 5.34. The second-order valence-corrected chi connectivity index (χ2v) is 6.76. The predicted octanol–water partition coefficient (Wildman–Crippen LogP) is 3.11. The molecule has 1 aliphatic rings. The molecule has 0 bridgehead atoms. The van der Waals surface area contributed by atoms with Crippen molar-refractivity contribution < 1.29 is 14.3 Å². The van der Waals surface area contributed by atoms with E-state index in [1.807, 2.05) is 47.1 Å². The number of rotatable bonds is 7. The maximum atomic E-state index is 13.0. The van der Waals surface area contributed by atoms with E-state index in [1.54, 1.807) is 12.1 Å². The molecule has 3 amide bonds. The smallest absolute Gasteiger partial charge is 0.321 e. The lowest BCUT2D eigenvalue weighted by Crippen LogP contribution is -2.35. The van der Waals surface area contributed by atoms with Crippen molar-refractivity contribution in [1.82, 2.24) is 9.80 Å². The number of hydrogen-bond acceptors (Lipinski definition) is 3. The average Bonchev–Trinajstić information content (AvgIpc) is 3.07. The molecule has 0 saturated carbocycles. The van der Waals surface area contributed by atoms with Gasteiger partial charge in [0.2, 0.25) is 0 Å². The highest BCUT2D eigenvalue weighted by molar-refractivity contribution is 5.77. The third-order valence-electron chi connectivity index (χ3n) is 5.03. The Kier molecular flexibility index (Phi) is 5.64. The van der Waals surface area contributed by atoms with E-state index in [1.165, 1.54) is 0 Å². The first kappa shape index (κ1) is 18.8. The van der Waals surface area contributed by atoms with Crippen LogP contribution in [0.3, 0.4) is 0 Å². The number of nitrogens with two attached hydrogens (primary N) is 1. The van der Waals surface area contributed by atoms with Crippen LogP contribution in [0.2, 0.25) is 0 Å². The summed E-state index contributed by atoms with van der Waals surface area (Å²) in [7, 11) is 0. The minimum atomic E-state index is -0.511. The summed E-state index contributed by atoms with van der Waals surface area (Å²) in [5.74, 6) is 0.0690. The van der Waals surface area contributed by atoms with Gasteiger partial charge in [0.25, 0.3) is 5.91 Å². The van der Waals surface area contributed by atoms with Crippen molar-refractivity contribution in [3.05, 3.63) is 65.7 Å². The zero-order valence-corrected chi connectivity index (χ0v) is 15.7. The number of primary amides is 1. The third kappa shape index (κ3) is 4.22. The molecule has 0 spiro atoms. The minimum Gasteiger partial charge on any atom is -0.484 e. The van der Waals surface area contributed by atoms with E-state index in [2.05, 4.69) is 19.1 Å². The van der Waals surface area contributed by atoms with Crippen LogP contribution in [0, 0.1) is 0 Å². The lowest BCUT2D eigenvalue weighted by atomic mass is 10.1. The Hall–Kier alpha value is -3.02. The molecule has 2 aromatic carbocycles. The molecule has 142 valence electrons. The number of benzene rings is 2. The predicted molar refractivity (Wildman–Crippen MR) is 103 cm³/mol. The largest absolute Gasteiger partial charge is 0.484 e. The fourth-order valence-electron chi connectivity index (χ4n) is 3.38. The Morgan fingerprint density at radius 3 is 2.00 bits per heavy atom. The number of ether oxygens (including phenoxy) is 1. The average molecular weight is 367 g/mol. The molecule has 1 saturated heterocycles. The molecule has 2 aromatic rings. The van der Waals surface area contributed by atoms with Crippen molar-refractivity contribution >= 4 is 11.9 Å². The van der Waals surface area contributed by atoms with Crippen LogP contribution < -0.4 is 10.5 Å². The maximum absolute atomic E-state index is 13.0. The lowest BCUT2D eigenvalue weighted by molar-refractivity contribution is -0.119. The second-order valence-electron chi connectivity index (χ2n) is 6.76. The van der Waals surface area contributed by atoms with Crippen LogP contribution in [-0.4, -0.2) is 41.4 Å². The van der Waals surface area contributed by atoms with Crippen LogP contribution in [0.25, 0.3) is 0 Å². The molecule has 0 aliphatic carbocycles. The number of carbonyl (C=O) groups is 2. The molecule has 1 heterocycles. The lowest BCUT2D eigenvalue weighted by Gasteiger charge is -2.28. The van der Waals surface area contributed by atoms with E-state index in [0.29, 0.717) is 18.8 Å². The van der Waals surface area contributed by atoms with Crippen LogP contribution in [0.4, 0.5) is 4.79 Å². The Morgan fingerprint density at radius 2 is 1.48 bits per heavy atom. The van der Waals surface area contributed by atoms with E-state index in [9.17, 15) is 9.59 Å². The Morgan fingerprint density at radius 1 is 0.963 bits per heavy atom. The molecule has 0 aromatic heterocycles. The molecule has 27 heavy (non-hydrogen) atoms. The van der Waals surface area contributed by atoms with Gasteiger partial charge in [-0.1, -0.05) is 42.5 Å². The Labute approximate surface area is 159 Å². The van der Waals surface area contributed by atoms with Crippen molar-refractivity contribution in [2.45, 2.75) is 25.9 Å². The first-order valence-corrected chi connectivity index (χ1v) is 9.10. The zero-order valence-electron chi connectivity index (χ0n) is 15.7. The summed E-state index contributed by atoms with van der Waals surface area (Å²) in [6.07, 6.45) is 0. The highest BCUT2D eigenvalue weighted by Crippen LogP contribution is 2.30. The minimum absolute atomic E-state index is 0.0421. The topological polar surface area (TPSA) is 75.9 Å². The normalized spacial score (nSPS) is 16.3. The van der Waals surface area contributed by atoms with Gasteiger partial charge in [-0.15, -0.1) is 0 Å². The van der Waals surface area contributed by atoms with Crippen LogP contribution in [0.1, 0.15) is 37.1 Å².